The van der Waals surface area contributed by atoms with Crippen molar-refractivity contribution in [3.8, 4) is 5.75 Å². The lowest BCUT2D eigenvalue weighted by molar-refractivity contribution is 0.0314. The molecule has 3 aromatic carbocycles. The van der Waals surface area contributed by atoms with Crippen molar-refractivity contribution in [2.24, 2.45) is 0 Å². The van der Waals surface area contributed by atoms with Gasteiger partial charge in [-0.1, -0.05) is 65.7 Å². The van der Waals surface area contributed by atoms with Gasteiger partial charge in [0.1, 0.15) is 17.9 Å². The molecule has 0 aliphatic heterocycles. The van der Waals surface area contributed by atoms with E-state index in [1.54, 1.807) is 55.5 Å². The number of aryl methyl sites for hydroxylation is 1. The van der Waals surface area contributed by atoms with Gasteiger partial charge in [-0.2, -0.15) is 0 Å². The number of carbonyl (C=O) groups is 2. The van der Waals surface area contributed by atoms with Crippen molar-refractivity contribution < 1.29 is 19.1 Å². The van der Waals surface area contributed by atoms with Gasteiger partial charge in [-0.25, -0.2) is 4.79 Å². The lowest BCUT2D eigenvalue weighted by atomic mass is 10.1. The summed E-state index contributed by atoms with van der Waals surface area (Å²) in [7, 11) is 0. The van der Waals surface area contributed by atoms with Crippen LogP contribution in [0.5, 0.6) is 5.75 Å². The molecule has 0 N–H and O–H groups in total. The van der Waals surface area contributed by atoms with Crippen molar-refractivity contribution in [1.29, 1.82) is 0 Å². The van der Waals surface area contributed by atoms with Crippen molar-refractivity contribution in [2.45, 2.75) is 26.6 Å². The van der Waals surface area contributed by atoms with Gasteiger partial charge in [-0.15, -0.1) is 0 Å². The van der Waals surface area contributed by atoms with Crippen LogP contribution in [0.4, 0.5) is 0 Å². The van der Waals surface area contributed by atoms with Gasteiger partial charge in [0.05, 0.1) is 0 Å². The van der Waals surface area contributed by atoms with Gasteiger partial charge in [0, 0.05) is 10.6 Å². The highest BCUT2D eigenvalue weighted by atomic mass is 35.5. The minimum atomic E-state index is -0.908. The van der Waals surface area contributed by atoms with Crippen LogP contribution >= 0.6 is 11.6 Å². The third kappa shape index (κ3) is 5.46. The van der Waals surface area contributed by atoms with Gasteiger partial charge in [0.25, 0.3) is 0 Å². The molecular weight excluding hydrogens is 388 g/mol. The summed E-state index contributed by atoms with van der Waals surface area (Å²) >= 11 is 5.89. The minimum Gasteiger partial charge on any atom is -0.488 e. The van der Waals surface area contributed by atoms with E-state index in [0.717, 1.165) is 11.1 Å². The quantitative estimate of drug-likeness (QED) is 0.374. The summed E-state index contributed by atoms with van der Waals surface area (Å²) in [5.41, 5.74) is 2.74. The number of halogens is 1. The topological polar surface area (TPSA) is 52.6 Å². The van der Waals surface area contributed by atoms with E-state index in [1.165, 1.54) is 0 Å². The van der Waals surface area contributed by atoms with Crippen LogP contribution < -0.4 is 4.74 Å². The Bertz CT molecular complexity index is 994. The lowest BCUT2D eigenvalue weighted by Crippen LogP contribution is -2.24. The maximum atomic E-state index is 12.6. The number of carbonyl (C=O) groups excluding carboxylic acids is 2. The molecule has 148 valence electrons. The number of benzene rings is 3. The maximum absolute atomic E-state index is 12.6. The van der Waals surface area contributed by atoms with Crippen LogP contribution in [0.3, 0.4) is 0 Å². The van der Waals surface area contributed by atoms with Crippen LogP contribution in [0.15, 0.2) is 72.8 Å². The van der Waals surface area contributed by atoms with Crippen LogP contribution in [0, 0.1) is 6.92 Å². The highest BCUT2D eigenvalue weighted by molar-refractivity contribution is 6.30. The van der Waals surface area contributed by atoms with Crippen molar-refractivity contribution in [3.05, 3.63) is 100 Å². The largest absolute Gasteiger partial charge is 0.488 e. The first-order chi connectivity index (χ1) is 13.9. The molecule has 3 aromatic rings. The predicted molar refractivity (Wildman–Crippen MR) is 113 cm³/mol. The van der Waals surface area contributed by atoms with Crippen LogP contribution in [-0.4, -0.2) is 17.9 Å². The Morgan fingerprint density at radius 3 is 2.28 bits per heavy atom. The van der Waals surface area contributed by atoms with Gasteiger partial charge in [0.2, 0.25) is 5.78 Å². The number of Topliss-reactive ketones (excluding diaryl/α,β-unsaturated/α-hetero) is 1. The molecule has 4 nitrogen and oxygen atoms in total. The standard InChI is InChI=1S/C24H21ClO4/c1-16-7-11-19(12-8-16)23(26)17(2)29-24(27)21-5-3-4-6-22(21)28-15-18-9-13-20(25)14-10-18/h3-14,17H,15H2,1-2H3/t17-/m0/s1. The molecule has 0 radical (unpaired) electrons. The van der Waals surface area contributed by atoms with Gasteiger partial charge >= 0.3 is 5.97 Å². The molecule has 0 aromatic heterocycles. The molecule has 0 saturated carbocycles. The van der Waals surface area contributed by atoms with Crippen molar-refractivity contribution in [2.75, 3.05) is 0 Å². The second kappa shape index (κ2) is 9.39. The number of hydrogen-bond donors (Lipinski definition) is 0. The number of hydrogen-bond acceptors (Lipinski definition) is 4. The van der Waals surface area contributed by atoms with E-state index in [0.29, 0.717) is 16.3 Å². The van der Waals surface area contributed by atoms with Gasteiger partial charge in [-0.3, -0.25) is 4.79 Å². The van der Waals surface area contributed by atoms with E-state index in [-0.39, 0.29) is 18.0 Å². The van der Waals surface area contributed by atoms with Crippen LogP contribution in [0.1, 0.15) is 38.8 Å². The Hall–Kier alpha value is -3.11. The zero-order valence-corrected chi connectivity index (χ0v) is 17.0. The van der Waals surface area contributed by atoms with Crippen LogP contribution in [0.25, 0.3) is 0 Å². The van der Waals surface area contributed by atoms with Crippen molar-refractivity contribution >= 4 is 23.4 Å². The molecule has 3 rings (SSSR count). The number of para-hydroxylation sites is 1. The highest BCUT2D eigenvalue weighted by Crippen LogP contribution is 2.22. The zero-order valence-electron chi connectivity index (χ0n) is 16.2. The Labute approximate surface area is 175 Å². The molecule has 0 amide bonds. The fraction of sp³-hybridized carbons (Fsp3) is 0.167. The fourth-order valence-electron chi connectivity index (χ4n) is 2.73. The Morgan fingerprint density at radius 1 is 0.931 bits per heavy atom. The molecule has 0 aliphatic rings. The Balaban J connectivity index is 1.68. The normalized spacial score (nSPS) is 11.6. The summed E-state index contributed by atoms with van der Waals surface area (Å²) in [6, 6.07) is 21.2. The molecule has 0 bridgehead atoms. The number of rotatable bonds is 7. The first-order valence-corrected chi connectivity index (χ1v) is 9.60. The average Bonchev–Trinajstić information content (AvgIpc) is 2.73. The molecular formula is C24H21ClO4. The van der Waals surface area contributed by atoms with Crippen molar-refractivity contribution in [3.63, 3.8) is 0 Å². The van der Waals surface area contributed by atoms with Gasteiger partial charge in [0.15, 0.2) is 6.10 Å². The van der Waals surface area contributed by atoms with E-state index in [1.807, 2.05) is 31.2 Å². The number of ether oxygens (including phenoxy) is 2. The molecule has 0 aliphatic carbocycles. The van der Waals surface area contributed by atoms with Gasteiger partial charge < -0.3 is 9.47 Å². The van der Waals surface area contributed by atoms with E-state index < -0.39 is 12.1 Å². The highest BCUT2D eigenvalue weighted by Gasteiger charge is 2.22. The number of ketones is 1. The van der Waals surface area contributed by atoms with Gasteiger partial charge in [-0.05, 0) is 43.7 Å². The monoisotopic (exact) mass is 408 g/mol. The molecule has 29 heavy (non-hydrogen) atoms. The Morgan fingerprint density at radius 2 is 1.59 bits per heavy atom. The predicted octanol–water partition coefficient (Wildman–Crippen LogP) is 5.66. The molecule has 5 heteroatoms. The van der Waals surface area contributed by atoms with Crippen molar-refractivity contribution in [1.82, 2.24) is 0 Å². The first kappa shape index (κ1) is 20.6. The lowest BCUT2D eigenvalue weighted by Gasteiger charge is -2.15. The molecule has 0 unspecified atom stereocenters. The summed E-state index contributed by atoms with van der Waals surface area (Å²) < 4.78 is 11.2. The summed E-state index contributed by atoms with van der Waals surface area (Å²) in [6.07, 6.45) is -0.908. The fourth-order valence-corrected chi connectivity index (χ4v) is 2.86. The maximum Gasteiger partial charge on any atom is 0.342 e. The van der Waals surface area contributed by atoms with E-state index in [2.05, 4.69) is 0 Å². The summed E-state index contributed by atoms with van der Waals surface area (Å²) in [6.45, 7) is 3.79. The molecule has 0 saturated heterocycles. The Kier molecular flexibility index (Phi) is 6.68. The SMILES string of the molecule is Cc1ccc(C(=O)[C@H](C)OC(=O)c2ccccc2OCc2ccc(Cl)cc2)cc1. The van der Waals surface area contributed by atoms with E-state index in [4.69, 9.17) is 21.1 Å². The minimum absolute atomic E-state index is 0.252. The first-order valence-electron chi connectivity index (χ1n) is 9.22. The second-order valence-corrected chi connectivity index (χ2v) is 7.13. The number of esters is 1. The summed E-state index contributed by atoms with van der Waals surface area (Å²) in [5.74, 6) is -0.468. The molecule has 1 atom stereocenters. The summed E-state index contributed by atoms with van der Waals surface area (Å²) in [4.78, 5) is 25.2. The zero-order chi connectivity index (χ0) is 20.8. The van der Waals surface area contributed by atoms with Crippen LogP contribution in [0.2, 0.25) is 5.02 Å². The second-order valence-electron chi connectivity index (χ2n) is 6.69. The average molecular weight is 409 g/mol. The summed E-state index contributed by atoms with van der Waals surface area (Å²) in [5, 5.41) is 0.643. The van der Waals surface area contributed by atoms with E-state index in [9.17, 15) is 9.59 Å². The van der Waals surface area contributed by atoms with E-state index >= 15 is 0 Å². The molecule has 0 heterocycles. The third-order valence-corrected chi connectivity index (χ3v) is 4.66. The molecule has 0 fully saturated rings. The molecule has 0 spiro atoms. The smallest absolute Gasteiger partial charge is 0.342 e. The van der Waals surface area contributed by atoms with Crippen LogP contribution in [-0.2, 0) is 11.3 Å². The third-order valence-electron chi connectivity index (χ3n) is 4.40.